The third-order valence-corrected chi connectivity index (χ3v) is 3.78. The molecule has 0 N–H and O–H groups in total. The van der Waals surface area contributed by atoms with Crippen LogP contribution in [0.4, 0.5) is 0 Å². The fourth-order valence-corrected chi connectivity index (χ4v) is 2.57. The van der Waals surface area contributed by atoms with Gasteiger partial charge in [0, 0.05) is 25.1 Å². The van der Waals surface area contributed by atoms with Gasteiger partial charge in [-0.3, -0.25) is 14.8 Å². The highest BCUT2D eigenvalue weighted by Gasteiger charge is 2.30. The fourth-order valence-electron chi connectivity index (χ4n) is 2.57. The summed E-state index contributed by atoms with van der Waals surface area (Å²) < 4.78 is 10.7. The number of oxazole rings is 1. The van der Waals surface area contributed by atoms with E-state index in [2.05, 4.69) is 15.0 Å². The van der Waals surface area contributed by atoms with Crippen molar-refractivity contribution in [1.29, 1.82) is 0 Å². The summed E-state index contributed by atoms with van der Waals surface area (Å²) in [6.07, 6.45) is 7.90. The van der Waals surface area contributed by atoms with Crippen molar-refractivity contribution in [2.75, 3.05) is 19.8 Å². The van der Waals surface area contributed by atoms with Crippen LogP contribution in [0.2, 0.25) is 0 Å². The molecule has 3 rings (SSSR count). The average molecular weight is 302 g/mol. The van der Waals surface area contributed by atoms with Crippen LogP contribution in [0.3, 0.4) is 0 Å². The quantitative estimate of drug-likeness (QED) is 0.845. The summed E-state index contributed by atoms with van der Waals surface area (Å²) in [5.41, 5.74) is 1.53. The van der Waals surface area contributed by atoms with E-state index < -0.39 is 0 Å². The van der Waals surface area contributed by atoms with Crippen molar-refractivity contribution in [3.05, 3.63) is 42.1 Å². The van der Waals surface area contributed by atoms with Gasteiger partial charge >= 0.3 is 0 Å². The molecule has 1 amide bonds. The second-order valence-corrected chi connectivity index (χ2v) is 5.23. The van der Waals surface area contributed by atoms with Gasteiger partial charge in [-0.05, 0) is 19.8 Å². The van der Waals surface area contributed by atoms with Crippen LogP contribution < -0.4 is 0 Å². The number of carbonyl (C=O) groups excluding carboxylic acids is 1. The Morgan fingerprint density at radius 2 is 2.32 bits per heavy atom. The predicted octanol–water partition coefficient (Wildman–Crippen LogP) is 1.25. The number of morpholine rings is 1. The first-order chi connectivity index (χ1) is 10.8. The molecule has 1 saturated heterocycles. The Kier molecular flexibility index (Phi) is 4.43. The highest BCUT2D eigenvalue weighted by atomic mass is 16.5. The maximum absolute atomic E-state index is 12.6. The number of hydrogen-bond donors (Lipinski definition) is 0. The van der Waals surface area contributed by atoms with E-state index in [1.165, 1.54) is 6.39 Å². The number of hydrogen-bond acceptors (Lipinski definition) is 6. The largest absolute Gasteiger partial charge is 0.438 e. The molecule has 0 radical (unpaired) electrons. The van der Waals surface area contributed by atoms with Gasteiger partial charge in [-0.25, -0.2) is 4.98 Å². The number of aryl methyl sites for hydroxylation is 2. The minimum Gasteiger partial charge on any atom is -0.438 e. The number of rotatable bonds is 4. The Bertz CT molecular complexity index is 629. The Morgan fingerprint density at radius 1 is 1.41 bits per heavy atom. The molecule has 0 aromatic carbocycles. The number of carbonyl (C=O) groups is 1. The lowest BCUT2D eigenvalue weighted by Gasteiger charge is -2.35. The highest BCUT2D eigenvalue weighted by molar-refractivity contribution is 5.92. The van der Waals surface area contributed by atoms with E-state index in [4.69, 9.17) is 9.15 Å². The van der Waals surface area contributed by atoms with E-state index in [1.54, 1.807) is 25.5 Å². The monoisotopic (exact) mass is 302 g/mol. The summed E-state index contributed by atoms with van der Waals surface area (Å²) in [6.45, 7) is 3.40. The number of nitrogens with zero attached hydrogens (tertiary/aromatic N) is 4. The first-order valence-electron chi connectivity index (χ1n) is 7.29. The van der Waals surface area contributed by atoms with Gasteiger partial charge in [-0.2, -0.15) is 0 Å². The SMILES string of the molecule is Cc1ncoc1C(=O)N1CCOC[C@@H]1CCc1cnccn1. The highest BCUT2D eigenvalue weighted by Crippen LogP contribution is 2.18. The zero-order chi connectivity index (χ0) is 15.4. The third-order valence-electron chi connectivity index (χ3n) is 3.78. The molecule has 7 heteroatoms. The van der Waals surface area contributed by atoms with Crippen molar-refractivity contribution in [3.63, 3.8) is 0 Å². The minimum atomic E-state index is -0.123. The molecule has 116 valence electrons. The van der Waals surface area contributed by atoms with Crippen molar-refractivity contribution < 1.29 is 13.9 Å². The molecule has 1 aliphatic heterocycles. The maximum Gasteiger partial charge on any atom is 0.291 e. The number of amides is 1. The predicted molar refractivity (Wildman–Crippen MR) is 77.2 cm³/mol. The molecule has 7 nitrogen and oxygen atoms in total. The van der Waals surface area contributed by atoms with Crippen LogP contribution >= 0.6 is 0 Å². The zero-order valence-corrected chi connectivity index (χ0v) is 12.4. The normalized spacial score (nSPS) is 18.4. The van der Waals surface area contributed by atoms with E-state index in [0.717, 1.165) is 18.5 Å². The minimum absolute atomic E-state index is 0.00718. The number of ether oxygens (including phenoxy) is 1. The Balaban J connectivity index is 1.69. The molecule has 22 heavy (non-hydrogen) atoms. The van der Waals surface area contributed by atoms with Crippen molar-refractivity contribution in [2.45, 2.75) is 25.8 Å². The van der Waals surface area contributed by atoms with Crippen molar-refractivity contribution >= 4 is 5.91 Å². The molecule has 1 aliphatic rings. The van der Waals surface area contributed by atoms with Crippen LogP contribution in [-0.2, 0) is 11.2 Å². The van der Waals surface area contributed by atoms with Crippen LogP contribution in [0.1, 0.15) is 28.4 Å². The molecule has 0 spiro atoms. The standard InChI is InChI=1S/C15H18N4O3/c1-11-14(22-10-18-11)15(20)19-6-7-21-9-13(19)3-2-12-8-16-4-5-17-12/h4-5,8,10,13H,2-3,6-7,9H2,1H3/t13-/m0/s1. The second kappa shape index (κ2) is 6.65. The summed E-state index contributed by atoms with van der Waals surface area (Å²) in [4.78, 5) is 26.7. The zero-order valence-electron chi connectivity index (χ0n) is 12.4. The lowest BCUT2D eigenvalue weighted by molar-refractivity contribution is -0.00570. The van der Waals surface area contributed by atoms with Crippen LogP contribution in [0.5, 0.6) is 0 Å². The first kappa shape index (κ1) is 14.6. The van der Waals surface area contributed by atoms with Gasteiger partial charge in [0.2, 0.25) is 5.76 Å². The third kappa shape index (κ3) is 3.14. The van der Waals surface area contributed by atoms with E-state index >= 15 is 0 Å². The molecular formula is C15H18N4O3. The maximum atomic E-state index is 12.6. The summed E-state index contributed by atoms with van der Waals surface area (Å²) >= 11 is 0. The summed E-state index contributed by atoms with van der Waals surface area (Å²) in [5.74, 6) is 0.189. The Hall–Kier alpha value is -2.28. The number of aromatic nitrogens is 3. The average Bonchev–Trinajstić information content (AvgIpc) is 2.99. The molecule has 0 unspecified atom stereocenters. The Labute approximate surface area is 128 Å². The van der Waals surface area contributed by atoms with Crippen LogP contribution in [0.15, 0.2) is 29.4 Å². The first-order valence-corrected chi connectivity index (χ1v) is 7.29. The smallest absolute Gasteiger partial charge is 0.291 e. The molecule has 1 atom stereocenters. The molecule has 2 aromatic rings. The van der Waals surface area contributed by atoms with Crippen molar-refractivity contribution in [2.24, 2.45) is 0 Å². The van der Waals surface area contributed by atoms with Crippen LogP contribution in [0, 0.1) is 6.92 Å². The van der Waals surface area contributed by atoms with Gasteiger partial charge in [0.1, 0.15) is 0 Å². The molecule has 2 aromatic heterocycles. The van der Waals surface area contributed by atoms with E-state index in [-0.39, 0.29) is 11.9 Å². The van der Waals surface area contributed by atoms with Crippen LogP contribution in [-0.4, -0.2) is 51.6 Å². The van der Waals surface area contributed by atoms with Gasteiger partial charge < -0.3 is 14.1 Å². The lowest BCUT2D eigenvalue weighted by Crippen LogP contribution is -2.49. The molecule has 1 fully saturated rings. The van der Waals surface area contributed by atoms with E-state index in [0.29, 0.717) is 31.2 Å². The van der Waals surface area contributed by atoms with E-state index in [1.807, 2.05) is 4.90 Å². The van der Waals surface area contributed by atoms with Crippen LogP contribution in [0.25, 0.3) is 0 Å². The van der Waals surface area contributed by atoms with Gasteiger partial charge in [-0.1, -0.05) is 0 Å². The van der Waals surface area contributed by atoms with Gasteiger partial charge in [0.05, 0.1) is 30.6 Å². The fraction of sp³-hybridized carbons (Fsp3) is 0.467. The van der Waals surface area contributed by atoms with E-state index in [9.17, 15) is 4.79 Å². The molecule has 0 bridgehead atoms. The van der Waals surface area contributed by atoms with Gasteiger partial charge in [0.15, 0.2) is 6.39 Å². The van der Waals surface area contributed by atoms with Crippen molar-refractivity contribution in [3.8, 4) is 0 Å². The molecule has 0 aliphatic carbocycles. The summed E-state index contributed by atoms with van der Waals surface area (Å²) in [7, 11) is 0. The van der Waals surface area contributed by atoms with Gasteiger partial charge in [0.25, 0.3) is 5.91 Å². The van der Waals surface area contributed by atoms with Crippen molar-refractivity contribution in [1.82, 2.24) is 19.9 Å². The second-order valence-electron chi connectivity index (χ2n) is 5.23. The summed E-state index contributed by atoms with van der Waals surface area (Å²) in [5, 5.41) is 0. The molecule has 0 saturated carbocycles. The molecule has 3 heterocycles. The molecular weight excluding hydrogens is 284 g/mol. The summed E-state index contributed by atoms with van der Waals surface area (Å²) in [6, 6.07) is 0.00718. The van der Waals surface area contributed by atoms with Gasteiger partial charge in [-0.15, -0.1) is 0 Å². The Morgan fingerprint density at radius 3 is 3.05 bits per heavy atom. The lowest BCUT2D eigenvalue weighted by atomic mass is 10.1. The topological polar surface area (TPSA) is 81.4 Å².